The summed E-state index contributed by atoms with van der Waals surface area (Å²) in [6, 6.07) is 13.1. The van der Waals surface area contributed by atoms with Gasteiger partial charge in [0.05, 0.1) is 17.8 Å². The maximum atomic E-state index is 13.0. The molecular formula is C23H29N3O5S. The Kier molecular flexibility index (Phi) is 10.0. The Morgan fingerprint density at radius 1 is 1.12 bits per heavy atom. The molecule has 2 rings (SSSR count). The summed E-state index contributed by atoms with van der Waals surface area (Å²) in [6.07, 6.45) is 0.815. The van der Waals surface area contributed by atoms with Gasteiger partial charge in [0.25, 0.3) is 5.69 Å². The van der Waals surface area contributed by atoms with Crippen LogP contribution in [0.25, 0.3) is 0 Å². The minimum absolute atomic E-state index is 0.0346. The summed E-state index contributed by atoms with van der Waals surface area (Å²) in [6.45, 7) is 4.57. The van der Waals surface area contributed by atoms with E-state index in [1.807, 2.05) is 31.2 Å². The Bertz CT molecular complexity index is 903. The molecule has 0 heterocycles. The van der Waals surface area contributed by atoms with Crippen LogP contribution in [0.4, 0.5) is 5.69 Å². The van der Waals surface area contributed by atoms with E-state index in [0.717, 1.165) is 23.3 Å². The molecule has 32 heavy (non-hydrogen) atoms. The van der Waals surface area contributed by atoms with E-state index in [2.05, 4.69) is 5.32 Å². The summed E-state index contributed by atoms with van der Waals surface area (Å²) < 4.78 is 5.18. The van der Waals surface area contributed by atoms with E-state index in [1.165, 1.54) is 23.9 Å². The number of carbonyl (C=O) groups is 2. The maximum Gasteiger partial charge on any atom is 0.269 e. The Balaban J connectivity index is 2.04. The fraction of sp³-hybridized carbons (Fsp3) is 0.391. The Morgan fingerprint density at radius 2 is 1.75 bits per heavy atom. The monoisotopic (exact) mass is 459 g/mol. The van der Waals surface area contributed by atoms with Gasteiger partial charge in [-0.05, 0) is 36.6 Å². The largest absolute Gasteiger partial charge is 0.497 e. The van der Waals surface area contributed by atoms with Gasteiger partial charge in [-0.3, -0.25) is 19.7 Å². The molecule has 0 aliphatic rings. The average Bonchev–Trinajstić information content (AvgIpc) is 2.81. The molecule has 8 nitrogen and oxygen atoms in total. The van der Waals surface area contributed by atoms with Gasteiger partial charge in [-0.25, -0.2) is 0 Å². The zero-order valence-electron chi connectivity index (χ0n) is 18.6. The summed E-state index contributed by atoms with van der Waals surface area (Å²) in [5.41, 5.74) is 1.82. The SMILES string of the molecule is CCCNC(=O)C(C)N(Cc1ccc(OC)cc1)C(=O)CSCc1ccc([N+](=O)[O-])cc1. The Morgan fingerprint density at radius 3 is 2.31 bits per heavy atom. The fourth-order valence-electron chi connectivity index (χ4n) is 2.96. The predicted octanol–water partition coefficient (Wildman–Crippen LogP) is 3.78. The van der Waals surface area contributed by atoms with Crippen molar-refractivity contribution in [1.29, 1.82) is 0 Å². The van der Waals surface area contributed by atoms with Gasteiger partial charge < -0.3 is 15.0 Å². The van der Waals surface area contributed by atoms with Gasteiger partial charge >= 0.3 is 0 Å². The minimum Gasteiger partial charge on any atom is -0.497 e. The average molecular weight is 460 g/mol. The third-order valence-electron chi connectivity index (χ3n) is 4.87. The number of amides is 2. The first kappa shape index (κ1) is 25.2. The molecule has 0 radical (unpaired) electrons. The first-order valence-corrected chi connectivity index (χ1v) is 11.5. The number of thioether (sulfide) groups is 1. The number of rotatable bonds is 12. The first-order valence-electron chi connectivity index (χ1n) is 10.4. The second-order valence-electron chi connectivity index (χ2n) is 7.25. The molecule has 1 atom stereocenters. The highest BCUT2D eigenvalue weighted by Crippen LogP contribution is 2.19. The molecule has 9 heteroatoms. The summed E-state index contributed by atoms with van der Waals surface area (Å²) in [7, 11) is 1.59. The predicted molar refractivity (Wildman–Crippen MR) is 126 cm³/mol. The summed E-state index contributed by atoms with van der Waals surface area (Å²) >= 11 is 1.41. The van der Waals surface area contributed by atoms with Crippen LogP contribution in [0.1, 0.15) is 31.4 Å². The number of nitro benzene ring substituents is 1. The van der Waals surface area contributed by atoms with E-state index in [1.54, 1.807) is 31.1 Å². The third-order valence-corrected chi connectivity index (χ3v) is 5.86. The molecule has 1 N–H and O–H groups in total. The first-order chi connectivity index (χ1) is 15.3. The number of ether oxygens (including phenoxy) is 1. The Hall–Kier alpha value is -3.07. The molecule has 0 spiro atoms. The van der Waals surface area contributed by atoms with Crippen molar-refractivity contribution in [3.05, 3.63) is 69.8 Å². The minimum atomic E-state index is -0.615. The molecule has 0 bridgehead atoms. The number of hydrogen-bond acceptors (Lipinski definition) is 6. The van der Waals surface area contributed by atoms with Crippen LogP contribution < -0.4 is 10.1 Å². The zero-order chi connectivity index (χ0) is 23.5. The summed E-state index contributed by atoms with van der Waals surface area (Å²) in [5, 5.41) is 13.6. The van der Waals surface area contributed by atoms with Crippen molar-refractivity contribution in [3.8, 4) is 5.75 Å². The van der Waals surface area contributed by atoms with E-state index in [9.17, 15) is 19.7 Å². The topological polar surface area (TPSA) is 102 Å². The molecule has 2 amide bonds. The van der Waals surface area contributed by atoms with Gasteiger partial charge in [-0.1, -0.05) is 31.2 Å². The number of nitrogens with one attached hydrogen (secondary N) is 1. The number of methoxy groups -OCH3 is 1. The van der Waals surface area contributed by atoms with E-state index in [-0.39, 0.29) is 23.3 Å². The molecule has 0 aliphatic carbocycles. The summed E-state index contributed by atoms with van der Waals surface area (Å²) in [4.78, 5) is 37.5. The lowest BCUT2D eigenvalue weighted by molar-refractivity contribution is -0.384. The van der Waals surface area contributed by atoms with Crippen molar-refractivity contribution in [1.82, 2.24) is 10.2 Å². The van der Waals surface area contributed by atoms with Crippen molar-refractivity contribution < 1.29 is 19.2 Å². The van der Waals surface area contributed by atoms with Crippen molar-refractivity contribution in [2.75, 3.05) is 19.4 Å². The number of carbonyl (C=O) groups excluding carboxylic acids is 2. The van der Waals surface area contributed by atoms with Crippen molar-refractivity contribution >= 4 is 29.3 Å². The lowest BCUT2D eigenvalue weighted by atomic mass is 10.1. The van der Waals surface area contributed by atoms with Crippen LogP contribution in [-0.2, 0) is 21.9 Å². The summed E-state index contributed by atoms with van der Waals surface area (Å²) in [5.74, 6) is 1.12. The van der Waals surface area contributed by atoms with Gasteiger partial charge in [0.2, 0.25) is 11.8 Å². The molecule has 0 saturated carbocycles. The van der Waals surface area contributed by atoms with E-state index in [4.69, 9.17) is 4.74 Å². The normalized spacial score (nSPS) is 11.5. The van der Waals surface area contributed by atoms with Gasteiger partial charge in [0, 0.05) is 31.0 Å². The van der Waals surface area contributed by atoms with Crippen molar-refractivity contribution in [3.63, 3.8) is 0 Å². The lowest BCUT2D eigenvalue weighted by Gasteiger charge is -2.28. The maximum absolute atomic E-state index is 13.0. The van der Waals surface area contributed by atoms with Gasteiger partial charge in [0.1, 0.15) is 11.8 Å². The molecule has 0 saturated heterocycles. The molecular weight excluding hydrogens is 430 g/mol. The molecule has 1 unspecified atom stereocenters. The lowest BCUT2D eigenvalue weighted by Crippen LogP contribution is -2.48. The molecule has 2 aromatic carbocycles. The third kappa shape index (κ3) is 7.56. The molecule has 0 aromatic heterocycles. The van der Waals surface area contributed by atoms with Crippen LogP contribution in [0.3, 0.4) is 0 Å². The zero-order valence-corrected chi connectivity index (χ0v) is 19.4. The number of nitrogens with zero attached hydrogens (tertiary/aromatic N) is 2. The van der Waals surface area contributed by atoms with Gasteiger partial charge in [-0.2, -0.15) is 0 Å². The smallest absolute Gasteiger partial charge is 0.269 e. The van der Waals surface area contributed by atoms with Crippen LogP contribution in [0.2, 0.25) is 0 Å². The quantitative estimate of drug-likeness (QED) is 0.383. The van der Waals surface area contributed by atoms with Crippen molar-refractivity contribution in [2.45, 2.75) is 38.6 Å². The number of hydrogen-bond donors (Lipinski definition) is 1. The van der Waals surface area contributed by atoms with Crippen molar-refractivity contribution in [2.24, 2.45) is 0 Å². The van der Waals surface area contributed by atoms with E-state index >= 15 is 0 Å². The standard InChI is InChI=1S/C23H29N3O5S/c1-4-13-24-23(28)17(2)25(14-18-7-11-21(31-3)12-8-18)22(27)16-32-15-19-5-9-20(10-6-19)26(29)30/h5-12,17H,4,13-16H2,1-3H3,(H,24,28). The Labute approximate surface area is 192 Å². The molecule has 172 valence electrons. The second kappa shape index (κ2) is 12.7. The van der Waals surface area contributed by atoms with E-state index in [0.29, 0.717) is 18.8 Å². The van der Waals surface area contributed by atoms with E-state index < -0.39 is 11.0 Å². The highest BCUT2D eigenvalue weighted by Gasteiger charge is 2.25. The number of nitro groups is 1. The van der Waals surface area contributed by atoms with Crippen LogP contribution in [0, 0.1) is 10.1 Å². The van der Waals surface area contributed by atoms with Crippen LogP contribution in [0.5, 0.6) is 5.75 Å². The van der Waals surface area contributed by atoms with Crippen LogP contribution in [-0.4, -0.2) is 47.1 Å². The number of non-ortho nitro benzene ring substituents is 1. The fourth-order valence-corrected chi connectivity index (χ4v) is 3.83. The van der Waals surface area contributed by atoms with Gasteiger partial charge in [-0.15, -0.1) is 11.8 Å². The highest BCUT2D eigenvalue weighted by molar-refractivity contribution is 7.99. The molecule has 0 aliphatic heterocycles. The van der Waals surface area contributed by atoms with Crippen LogP contribution in [0.15, 0.2) is 48.5 Å². The molecule has 0 fully saturated rings. The highest BCUT2D eigenvalue weighted by atomic mass is 32.2. The van der Waals surface area contributed by atoms with Gasteiger partial charge in [0.15, 0.2) is 0 Å². The molecule has 2 aromatic rings. The van der Waals surface area contributed by atoms with Crippen LogP contribution >= 0.6 is 11.8 Å². The second-order valence-corrected chi connectivity index (χ2v) is 8.24. The number of benzene rings is 2.